The predicted molar refractivity (Wildman–Crippen MR) is 71.4 cm³/mol. The van der Waals surface area contributed by atoms with Crippen LogP contribution in [0.15, 0.2) is 0 Å². The Morgan fingerprint density at radius 1 is 1.24 bits per heavy atom. The number of aryl methyl sites for hydroxylation is 2. The van der Waals surface area contributed by atoms with Crippen molar-refractivity contribution in [2.45, 2.75) is 65.5 Å². The van der Waals surface area contributed by atoms with Gasteiger partial charge < -0.3 is 5.32 Å². The maximum Gasteiger partial charge on any atom is 0.0657 e. The van der Waals surface area contributed by atoms with E-state index in [1.165, 1.54) is 29.8 Å². The molecular weight excluding hydrogens is 210 g/mol. The third kappa shape index (κ3) is 2.89. The Bertz CT molecular complexity index is 364. The first-order chi connectivity index (χ1) is 8.30. The van der Waals surface area contributed by atoms with Gasteiger partial charge in [0.05, 0.1) is 5.69 Å². The molecule has 0 radical (unpaired) electrons. The standard InChI is InChI=1S/C14H25N3/c1-4-13-12(9-10-15-11-7-8-11)14(5-2)17(6-3)16-13/h11,15H,4-10H2,1-3H3. The third-order valence-electron chi connectivity index (χ3n) is 3.60. The van der Waals surface area contributed by atoms with Crippen molar-refractivity contribution in [3.05, 3.63) is 17.0 Å². The van der Waals surface area contributed by atoms with E-state index in [1.54, 1.807) is 0 Å². The van der Waals surface area contributed by atoms with Gasteiger partial charge in [-0.15, -0.1) is 0 Å². The Morgan fingerprint density at radius 2 is 2.00 bits per heavy atom. The van der Waals surface area contributed by atoms with Crippen molar-refractivity contribution in [2.75, 3.05) is 6.54 Å². The van der Waals surface area contributed by atoms with Crippen LogP contribution in [-0.2, 0) is 25.8 Å². The highest BCUT2D eigenvalue weighted by Gasteiger charge is 2.21. The molecule has 1 N–H and O–H groups in total. The molecule has 0 atom stereocenters. The summed E-state index contributed by atoms with van der Waals surface area (Å²) in [6.45, 7) is 8.73. The molecule has 1 aliphatic rings. The molecule has 0 spiro atoms. The lowest BCUT2D eigenvalue weighted by atomic mass is 10.1. The Labute approximate surface area is 105 Å². The number of nitrogens with one attached hydrogen (secondary N) is 1. The molecule has 1 aromatic rings. The van der Waals surface area contributed by atoms with Crippen LogP contribution >= 0.6 is 0 Å². The third-order valence-corrected chi connectivity index (χ3v) is 3.60. The van der Waals surface area contributed by atoms with E-state index in [0.29, 0.717) is 0 Å². The number of nitrogens with zero attached hydrogens (tertiary/aromatic N) is 2. The van der Waals surface area contributed by atoms with Crippen molar-refractivity contribution in [1.82, 2.24) is 15.1 Å². The second-order valence-corrected chi connectivity index (χ2v) is 4.87. The van der Waals surface area contributed by atoms with E-state index in [1.807, 2.05) is 0 Å². The van der Waals surface area contributed by atoms with Crippen LogP contribution in [0.3, 0.4) is 0 Å². The van der Waals surface area contributed by atoms with Crippen molar-refractivity contribution in [2.24, 2.45) is 0 Å². The lowest BCUT2D eigenvalue weighted by Crippen LogP contribution is -2.20. The van der Waals surface area contributed by atoms with Gasteiger partial charge in [0.1, 0.15) is 0 Å². The molecule has 1 fully saturated rings. The molecule has 2 rings (SSSR count). The van der Waals surface area contributed by atoms with Crippen molar-refractivity contribution in [3.8, 4) is 0 Å². The second kappa shape index (κ2) is 5.67. The summed E-state index contributed by atoms with van der Waals surface area (Å²) in [6.07, 6.45) is 6.03. The summed E-state index contributed by atoms with van der Waals surface area (Å²) in [4.78, 5) is 0. The molecule has 1 aromatic heterocycles. The van der Waals surface area contributed by atoms with Crippen LogP contribution in [0.4, 0.5) is 0 Å². The lowest BCUT2D eigenvalue weighted by molar-refractivity contribution is 0.615. The lowest BCUT2D eigenvalue weighted by Gasteiger charge is -2.07. The molecule has 0 unspecified atom stereocenters. The van der Waals surface area contributed by atoms with Gasteiger partial charge in [-0.2, -0.15) is 5.10 Å². The summed E-state index contributed by atoms with van der Waals surface area (Å²) >= 11 is 0. The van der Waals surface area contributed by atoms with Gasteiger partial charge in [0.25, 0.3) is 0 Å². The number of hydrogen-bond acceptors (Lipinski definition) is 2. The molecule has 1 saturated carbocycles. The van der Waals surface area contributed by atoms with Gasteiger partial charge in [0, 0.05) is 18.3 Å². The van der Waals surface area contributed by atoms with E-state index >= 15 is 0 Å². The monoisotopic (exact) mass is 235 g/mol. The topological polar surface area (TPSA) is 29.9 Å². The highest BCUT2D eigenvalue weighted by atomic mass is 15.3. The summed E-state index contributed by atoms with van der Waals surface area (Å²) < 4.78 is 2.19. The van der Waals surface area contributed by atoms with Gasteiger partial charge in [0.15, 0.2) is 0 Å². The fourth-order valence-corrected chi connectivity index (χ4v) is 2.51. The van der Waals surface area contributed by atoms with Crippen LogP contribution < -0.4 is 5.32 Å². The first-order valence-corrected chi connectivity index (χ1v) is 7.10. The fourth-order valence-electron chi connectivity index (χ4n) is 2.51. The van der Waals surface area contributed by atoms with E-state index in [9.17, 15) is 0 Å². The van der Waals surface area contributed by atoms with Crippen LogP contribution in [0, 0.1) is 0 Å². The first-order valence-electron chi connectivity index (χ1n) is 7.10. The Morgan fingerprint density at radius 3 is 2.53 bits per heavy atom. The quantitative estimate of drug-likeness (QED) is 0.786. The smallest absolute Gasteiger partial charge is 0.0657 e. The maximum absolute atomic E-state index is 4.72. The Hall–Kier alpha value is -0.830. The fraction of sp³-hybridized carbons (Fsp3) is 0.786. The highest BCUT2D eigenvalue weighted by molar-refractivity contribution is 5.27. The van der Waals surface area contributed by atoms with E-state index in [4.69, 9.17) is 5.10 Å². The Kier molecular flexibility index (Phi) is 4.21. The molecule has 1 aliphatic carbocycles. The van der Waals surface area contributed by atoms with Crippen LogP contribution in [0.25, 0.3) is 0 Å². The summed E-state index contributed by atoms with van der Waals surface area (Å²) in [5.41, 5.74) is 4.26. The predicted octanol–water partition coefficient (Wildman–Crippen LogP) is 2.32. The Balaban J connectivity index is 2.07. The van der Waals surface area contributed by atoms with Crippen LogP contribution in [-0.4, -0.2) is 22.4 Å². The van der Waals surface area contributed by atoms with E-state index in [0.717, 1.165) is 38.4 Å². The molecule has 0 amide bonds. The molecule has 17 heavy (non-hydrogen) atoms. The molecule has 0 bridgehead atoms. The second-order valence-electron chi connectivity index (χ2n) is 4.87. The average Bonchev–Trinajstić information content (AvgIpc) is 3.10. The molecule has 96 valence electrons. The van der Waals surface area contributed by atoms with Gasteiger partial charge in [-0.1, -0.05) is 13.8 Å². The molecule has 0 aliphatic heterocycles. The normalized spacial score (nSPS) is 15.5. The molecule has 0 saturated heterocycles. The van der Waals surface area contributed by atoms with Crippen molar-refractivity contribution in [3.63, 3.8) is 0 Å². The first kappa shape index (κ1) is 12.6. The summed E-state index contributed by atoms with van der Waals surface area (Å²) in [5, 5.41) is 8.32. The van der Waals surface area contributed by atoms with Gasteiger partial charge in [-0.05, 0) is 51.1 Å². The number of aromatic nitrogens is 2. The minimum atomic E-state index is 0.811. The van der Waals surface area contributed by atoms with Crippen molar-refractivity contribution >= 4 is 0 Å². The van der Waals surface area contributed by atoms with Gasteiger partial charge >= 0.3 is 0 Å². The SMILES string of the molecule is CCc1nn(CC)c(CC)c1CCNC1CC1. The van der Waals surface area contributed by atoms with Gasteiger partial charge in [-0.3, -0.25) is 4.68 Å². The zero-order chi connectivity index (χ0) is 12.3. The van der Waals surface area contributed by atoms with Crippen molar-refractivity contribution in [1.29, 1.82) is 0 Å². The van der Waals surface area contributed by atoms with Crippen molar-refractivity contribution < 1.29 is 0 Å². The minimum Gasteiger partial charge on any atom is -0.314 e. The molecule has 3 heteroatoms. The van der Waals surface area contributed by atoms with Gasteiger partial charge in [-0.25, -0.2) is 0 Å². The summed E-state index contributed by atoms with van der Waals surface area (Å²) in [6, 6.07) is 0.811. The summed E-state index contributed by atoms with van der Waals surface area (Å²) in [5.74, 6) is 0. The summed E-state index contributed by atoms with van der Waals surface area (Å²) in [7, 11) is 0. The van der Waals surface area contributed by atoms with E-state index in [-0.39, 0.29) is 0 Å². The van der Waals surface area contributed by atoms with E-state index in [2.05, 4.69) is 30.8 Å². The highest BCUT2D eigenvalue weighted by Crippen LogP contribution is 2.20. The molecule has 0 aromatic carbocycles. The zero-order valence-corrected chi connectivity index (χ0v) is 11.4. The number of hydrogen-bond donors (Lipinski definition) is 1. The molecule has 3 nitrogen and oxygen atoms in total. The van der Waals surface area contributed by atoms with Crippen LogP contribution in [0.2, 0.25) is 0 Å². The molecular formula is C14H25N3. The average molecular weight is 235 g/mol. The number of rotatable bonds is 7. The maximum atomic E-state index is 4.72. The van der Waals surface area contributed by atoms with Crippen LogP contribution in [0.5, 0.6) is 0 Å². The van der Waals surface area contributed by atoms with Crippen LogP contribution in [0.1, 0.15) is 50.6 Å². The minimum absolute atomic E-state index is 0.811. The largest absolute Gasteiger partial charge is 0.314 e. The zero-order valence-electron chi connectivity index (χ0n) is 11.4. The molecule has 1 heterocycles. The van der Waals surface area contributed by atoms with E-state index < -0.39 is 0 Å². The van der Waals surface area contributed by atoms with Gasteiger partial charge in [0.2, 0.25) is 0 Å².